The van der Waals surface area contributed by atoms with E-state index in [4.69, 9.17) is 14.2 Å². The zero-order valence-corrected chi connectivity index (χ0v) is 15.0. The van der Waals surface area contributed by atoms with Crippen LogP contribution in [-0.2, 0) is 19.0 Å². The Kier molecular flexibility index (Phi) is 7.82. The maximum absolute atomic E-state index is 12.2. The molecule has 0 aromatic carbocycles. The normalized spacial score (nSPS) is 26.5. The largest absolute Gasteiger partial charge is 0.461 e. The molecule has 1 heterocycles. The lowest BCUT2D eigenvalue weighted by atomic mass is 9.93. The van der Waals surface area contributed by atoms with Crippen LogP contribution in [0.3, 0.4) is 0 Å². The average Bonchev–Trinajstić information content (AvgIpc) is 2.46. The molecule has 1 aliphatic rings. The van der Waals surface area contributed by atoms with Gasteiger partial charge in [0.15, 0.2) is 0 Å². The van der Waals surface area contributed by atoms with Crippen molar-refractivity contribution in [1.29, 1.82) is 0 Å². The first-order valence-electron chi connectivity index (χ1n) is 8.40. The van der Waals surface area contributed by atoms with Gasteiger partial charge in [0, 0.05) is 13.7 Å². The second-order valence-corrected chi connectivity index (χ2v) is 7.26. The molecule has 1 fully saturated rings. The van der Waals surface area contributed by atoms with Crippen LogP contribution in [0.4, 0.5) is 4.79 Å². The second-order valence-electron chi connectivity index (χ2n) is 7.26. The maximum atomic E-state index is 12.2. The summed E-state index contributed by atoms with van der Waals surface area (Å²) in [6.45, 7) is 7.97. The van der Waals surface area contributed by atoms with Crippen LogP contribution in [0.2, 0.25) is 0 Å². The van der Waals surface area contributed by atoms with Gasteiger partial charge in [-0.1, -0.05) is 12.8 Å². The minimum absolute atomic E-state index is 0.162. The van der Waals surface area contributed by atoms with Crippen LogP contribution < -0.4 is 5.32 Å². The number of cyclic esters (lactones) is 1. The van der Waals surface area contributed by atoms with Gasteiger partial charge >= 0.3 is 12.1 Å². The molecule has 0 aromatic rings. The number of hydrogen-bond acceptors (Lipinski definition) is 5. The van der Waals surface area contributed by atoms with Crippen molar-refractivity contribution in [2.75, 3.05) is 13.7 Å². The molecule has 134 valence electrons. The molecule has 1 N–H and O–H groups in total. The van der Waals surface area contributed by atoms with Crippen LogP contribution >= 0.6 is 0 Å². The van der Waals surface area contributed by atoms with Gasteiger partial charge in [-0.05, 0) is 52.9 Å². The average molecular weight is 329 g/mol. The Labute approximate surface area is 139 Å². The highest BCUT2D eigenvalue weighted by Gasteiger charge is 2.29. The first-order chi connectivity index (χ1) is 10.7. The number of hydrogen-bond donors (Lipinski definition) is 1. The van der Waals surface area contributed by atoms with E-state index in [1.54, 1.807) is 27.9 Å². The molecule has 0 aromatic heterocycles. The Morgan fingerprint density at radius 3 is 2.65 bits per heavy atom. The van der Waals surface area contributed by atoms with Gasteiger partial charge in [-0.25, -0.2) is 9.59 Å². The fourth-order valence-electron chi connectivity index (χ4n) is 2.77. The third kappa shape index (κ3) is 8.21. The standard InChI is InChI=1S/C17H31NO5/c1-12-11-13(9-10-21-5)7-6-8-14(15(19)22-12)18-16(20)23-17(2,3)4/h12-14H,6-11H2,1-5H3,(H,18,20)/t12?,13?,14-/m0/s1. The van der Waals surface area contributed by atoms with Crippen molar-refractivity contribution in [2.24, 2.45) is 5.92 Å². The summed E-state index contributed by atoms with van der Waals surface area (Å²) in [4.78, 5) is 24.1. The van der Waals surface area contributed by atoms with Crippen molar-refractivity contribution >= 4 is 12.1 Å². The summed E-state index contributed by atoms with van der Waals surface area (Å²) in [6.07, 6.45) is 3.46. The number of esters is 1. The van der Waals surface area contributed by atoms with Crippen LogP contribution in [0.5, 0.6) is 0 Å². The van der Waals surface area contributed by atoms with Crippen molar-refractivity contribution in [3.05, 3.63) is 0 Å². The van der Waals surface area contributed by atoms with E-state index < -0.39 is 17.7 Å². The van der Waals surface area contributed by atoms with Gasteiger partial charge < -0.3 is 19.5 Å². The highest BCUT2D eigenvalue weighted by molar-refractivity contribution is 5.81. The molecule has 23 heavy (non-hydrogen) atoms. The fourth-order valence-corrected chi connectivity index (χ4v) is 2.77. The highest BCUT2D eigenvalue weighted by atomic mass is 16.6. The van der Waals surface area contributed by atoms with Crippen LogP contribution in [0, 0.1) is 5.92 Å². The van der Waals surface area contributed by atoms with E-state index in [9.17, 15) is 9.59 Å². The third-order valence-corrected chi connectivity index (χ3v) is 3.79. The van der Waals surface area contributed by atoms with E-state index in [0.29, 0.717) is 18.9 Å². The monoisotopic (exact) mass is 329 g/mol. The zero-order valence-electron chi connectivity index (χ0n) is 15.0. The summed E-state index contributed by atoms with van der Waals surface area (Å²) < 4.78 is 15.8. The third-order valence-electron chi connectivity index (χ3n) is 3.79. The molecule has 0 saturated carbocycles. The Bertz CT molecular complexity index is 391. The minimum Gasteiger partial charge on any atom is -0.461 e. The zero-order chi connectivity index (χ0) is 17.5. The van der Waals surface area contributed by atoms with E-state index in [1.807, 2.05) is 6.92 Å². The lowest BCUT2D eigenvalue weighted by Crippen LogP contribution is -2.44. The Hall–Kier alpha value is -1.30. The summed E-state index contributed by atoms with van der Waals surface area (Å²) in [6, 6.07) is -0.645. The molecule has 1 rings (SSSR count). The first-order valence-corrected chi connectivity index (χ1v) is 8.40. The number of nitrogens with one attached hydrogen (secondary N) is 1. The van der Waals surface area contributed by atoms with E-state index in [1.165, 1.54) is 0 Å². The summed E-state index contributed by atoms with van der Waals surface area (Å²) in [5.41, 5.74) is -0.592. The molecule has 1 aliphatic heterocycles. The molecular formula is C17H31NO5. The number of rotatable bonds is 4. The predicted octanol–water partition coefficient (Wildman–Crippen LogP) is 3.04. The molecule has 0 aliphatic carbocycles. The number of amides is 1. The molecule has 1 amide bonds. The molecule has 0 spiro atoms. The lowest BCUT2D eigenvalue weighted by molar-refractivity contribution is -0.151. The van der Waals surface area contributed by atoms with Crippen LogP contribution in [0.1, 0.15) is 59.8 Å². The van der Waals surface area contributed by atoms with Gasteiger partial charge in [0.25, 0.3) is 0 Å². The van der Waals surface area contributed by atoms with Crippen molar-refractivity contribution in [2.45, 2.75) is 77.5 Å². The Morgan fingerprint density at radius 1 is 1.35 bits per heavy atom. The quantitative estimate of drug-likeness (QED) is 0.803. The summed E-state index contributed by atoms with van der Waals surface area (Å²) in [5, 5.41) is 2.64. The number of carbonyl (C=O) groups is 2. The van der Waals surface area contributed by atoms with Gasteiger partial charge in [-0.3, -0.25) is 0 Å². The summed E-state index contributed by atoms with van der Waals surface area (Å²) >= 11 is 0. The van der Waals surface area contributed by atoms with Gasteiger partial charge in [-0.2, -0.15) is 0 Å². The van der Waals surface area contributed by atoms with E-state index in [-0.39, 0.29) is 12.1 Å². The minimum atomic E-state index is -0.645. The second kappa shape index (κ2) is 9.11. The molecule has 1 saturated heterocycles. The molecule has 2 unspecified atom stereocenters. The molecule has 6 nitrogen and oxygen atoms in total. The molecule has 0 radical (unpaired) electrons. The molecule has 3 atom stereocenters. The maximum Gasteiger partial charge on any atom is 0.408 e. The SMILES string of the molecule is COCCC1CCC[C@H](NC(=O)OC(C)(C)C)C(=O)OC(C)C1. The van der Waals surface area contributed by atoms with Crippen molar-refractivity contribution in [3.8, 4) is 0 Å². The molecule has 0 bridgehead atoms. The van der Waals surface area contributed by atoms with Crippen LogP contribution in [0.25, 0.3) is 0 Å². The van der Waals surface area contributed by atoms with Gasteiger partial charge in [0.1, 0.15) is 11.6 Å². The number of ether oxygens (including phenoxy) is 3. The number of carbonyl (C=O) groups excluding carboxylic acids is 2. The number of methoxy groups -OCH3 is 1. The summed E-state index contributed by atoms with van der Waals surface area (Å²) in [7, 11) is 1.69. The van der Waals surface area contributed by atoms with Crippen LogP contribution in [0.15, 0.2) is 0 Å². The van der Waals surface area contributed by atoms with Gasteiger partial charge in [0.2, 0.25) is 0 Å². The Morgan fingerprint density at radius 2 is 2.04 bits per heavy atom. The fraction of sp³-hybridized carbons (Fsp3) is 0.882. The predicted molar refractivity (Wildman–Crippen MR) is 87.2 cm³/mol. The van der Waals surface area contributed by atoms with E-state index in [2.05, 4.69) is 5.32 Å². The van der Waals surface area contributed by atoms with Gasteiger partial charge in [0.05, 0.1) is 6.10 Å². The Balaban J connectivity index is 2.61. The molecule has 6 heteroatoms. The van der Waals surface area contributed by atoms with E-state index >= 15 is 0 Å². The molecular weight excluding hydrogens is 298 g/mol. The van der Waals surface area contributed by atoms with Gasteiger partial charge in [-0.15, -0.1) is 0 Å². The van der Waals surface area contributed by atoms with Crippen molar-refractivity contribution in [3.63, 3.8) is 0 Å². The summed E-state index contributed by atoms with van der Waals surface area (Å²) in [5.74, 6) is 0.0915. The van der Waals surface area contributed by atoms with Crippen molar-refractivity contribution < 1.29 is 23.8 Å². The lowest BCUT2D eigenvalue weighted by Gasteiger charge is -2.23. The topological polar surface area (TPSA) is 73.9 Å². The smallest absolute Gasteiger partial charge is 0.408 e. The van der Waals surface area contributed by atoms with Crippen LogP contribution in [-0.4, -0.2) is 43.5 Å². The van der Waals surface area contributed by atoms with E-state index in [0.717, 1.165) is 25.7 Å². The van der Waals surface area contributed by atoms with Crippen molar-refractivity contribution in [1.82, 2.24) is 5.32 Å². The first kappa shape index (κ1) is 19.7. The number of alkyl carbamates (subject to hydrolysis) is 1. The highest BCUT2D eigenvalue weighted by Crippen LogP contribution is 2.23.